The third-order valence-corrected chi connectivity index (χ3v) is 4.03. The first kappa shape index (κ1) is 20.9. The maximum Gasteiger partial charge on any atom is 0.222 e. The summed E-state index contributed by atoms with van der Waals surface area (Å²) in [5.41, 5.74) is 0. The Hall–Kier alpha value is -1.06. The average Bonchev–Trinajstić information content (AvgIpc) is 2.47. The first-order valence-electron chi connectivity index (χ1n) is 8.85. The smallest absolute Gasteiger partial charge is 0.222 e. The van der Waals surface area contributed by atoms with Gasteiger partial charge in [-0.1, -0.05) is 51.4 Å². The third-order valence-electron chi connectivity index (χ3n) is 4.03. The largest absolute Gasteiger partial charge is 0.349 e. The Labute approximate surface area is 137 Å². The molecule has 0 rings (SSSR count). The molecule has 0 radical (unpaired) electrons. The van der Waals surface area contributed by atoms with Crippen molar-refractivity contribution in [2.24, 2.45) is 0 Å². The van der Waals surface area contributed by atoms with E-state index in [0.717, 1.165) is 12.8 Å². The fraction of sp³-hybridized carbons (Fsp3) is 0.889. The lowest BCUT2D eigenvalue weighted by Crippen LogP contribution is -2.20. The minimum Gasteiger partial charge on any atom is -0.349 e. The monoisotopic (exact) mass is 312 g/mol. The number of carbonyl (C=O) groups is 2. The Morgan fingerprint density at radius 1 is 0.500 bits per heavy atom. The summed E-state index contributed by atoms with van der Waals surface area (Å²) in [4.78, 5) is 26.1. The lowest BCUT2D eigenvalue weighted by molar-refractivity contribution is -0.129. The van der Waals surface area contributed by atoms with Gasteiger partial charge in [-0.25, -0.2) is 0 Å². The molecule has 0 saturated carbocycles. The van der Waals surface area contributed by atoms with E-state index in [1.165, 1.54) is 51.4 Å². The van der Waals surface area contributed by atoms with Gasteiger partial charge in [0, 0.05) is 41.0 Å². The number of hydrogen-bond acceptors (Lipinski definition) is 2. The van der Waals surface area contributed by atoms with Gasteiger partial charge in [-0.2, -0.15) is 0 Å². The summed E-state index contributed by atoms with van der Waals surface area (Å²) in [5, 5.41) is 0. The first-order valence-corrected chi connectivity index (χ1v) is 8.85. The molecule has 22 heavy (non-hydrogen) atoms. The Bertz CT molecular complexity index is 271. The molecule has 0 unspecified atom stereocenters. The van der Waals surface area contributed by atoms with Crippen LogP contribution in [0.4, 0.5) is 0 Å². The Morgan fingerprint density at radius 2 is 0.727 bits per heavy atom. The summed E-state index contributed by atoms with van der Waals surface area (Å²) in [5.74, 6) is 0.487. The van der Waals surface area contributed by atoms with Crippen molar-refractivity contribution >= 4 is 11.8 Å². The van der Waals surface area contributed by atoms with Gasteiger partial charge in [-0.05, 0) is 12.8 Å². The van der Waals surface area contributed by atoms with Crippen LogP contribution in [0.1, 0.15) is 77.0 Å². The number of unbranched alkanes of at least 4 members (excludes halogenated alkanes) is 9. The highest BCUT2D eigenvalue weighted by Gasteiger charge is 2.03. The second-order valence-electron chi connectivity index (χ2n) is 6.61. The molecule has 0 aliphatic heterocycles. The highest BCUT2D eigenvalue weighted by atomic mass is 16.2. The molecule has 2 amide bonds. The van der Waals surface area contributed by atoms with Crippen molar-refractivity contribution in [3.63, 3.8) is 0 Å². The predicted molar refractivity (Wildman–Crippen MR) is 92.8 cm³/mol. The fourth-order valence-corrected chi connectivity index (χ4v) is 2.41. The normalized spacial score (nSPS) is 10.5. The lowest BCUT2D eigenvalue weighted by Gasteiger charge is -2.09. The van der Waals surface area contributed by atoms with Gasteiger partial charge in [0.1, 0.15) is 0 Å². The maximum absolute atomic E-state index is 11.4. The van der Waals surface area contributed by atoms with Crippen molar-refractivity contribution in [1.29, 1.82) is 0 Å². The number of hydrogen-bond donors (Lipinski definition) is 0. The van der Waals surface area contributed by atoms with Crippen LogP contribution < -0.4 is 0 Å². The minimum absolute atomic E-state index is 0.243. The molecule has 0 aromatic heterocycles. The Morgan fingerprint density at radius 3 is 0.955 bits per heavy atom. The second kappa shape index (κ2) is 13.6. The molecule has 130 valence electrons. The molecule has 0 saturated heterocycles. The van der Waals surface area contributed by atoms with Crippen molar-refractivity contribution < 1.29 is 9.59 Å². The third kappa shape index (κ3) is 12.7. The number of nitrogens with zero attached hydrogens (tertiary/aromatic N) is 2. The van der Waals surface area contributed by atoms with Crippen molar-refractivity contribution in [2.45, 2.75) is 77.0 Å². The first-order chi connectivity index (χ1) is 10.4. The van der Waals surface area contributed by atoms with E-state index in [1.807, 2.05) is 28.2 Å². The van der Waals surface area contributed by atoms with Gasteiger partial charge in [0.05, 0.1) is 0 Å². The number of rotatable bonds is 13. The molecule has 0 fully saturated rings. The van der Waals surface area contributed by atoms with Gasteiger partial charge in [-0.15, -0.1) is 0 Å². The second-order valence-corrected chi connectivity index (χ2v) is 6.61. The Kier molecular flexibility index (Phi) is 12.9. The van der Waals surface area contributed by atoms with Gasteiger partial charge in [0.25, 0.3) is 0 Å². The summed E-state index contributed by atoms with van der Waals surface area (Å²) in [7, 11) is 7.27. The summed E-state index contributed by atoms with van der Waals surface area (Å²) in [6, 6.07) is 0. The molecule has 0 bridgehead atoms. The molecular formula is C18H36N2O2. The molecule has 0 aromatic rings. The highest BCUT2D eigenvalue weighted by molar-refractivity contribution is 5.75. The van der Waals surface area contributed by atoms with E-state index in [2.05, 4.69) is 0 Å². The van der Waals surface area contributed by atoms with Gasteiger partial charge in [0.2, 0.25) is 11.8 Å². The summed E-state index contributed by atoms with van der Waals surface area (Å²) in [6.07, 6.45) is 13.5. The van der Waals surface area contributed by atoms with Crippen LogP contribution in [0.5, 0.6) is 0 Å². The lowest BCUT2D eigenvalue weighted by atomic mass is 10.0. The molecule has 0 atom stereocenters. The zero-order valence-corrected chi connectivity index (χ0v) is 15.2. The van der Waals surface area contributed by atoms with Crippen molar-refractivity contribution in [3.05, 3.63) is 0 Å². The van der Waals surface area contributed by atoms with E-state index in [4.69, 9.17) is 0 Å². The zero-order chi connectivity index (χ0) is 16.8. The van der Waals surface area contributed by atoms with Crippen LogP contribution in [0.3, 0.4) is 0 Å². The van der Waals surface area contributed by atoms with Crippen molar-refractivity contribution in [3.8, 4) is 0 Å². The van der Waals surface area contributed by atoms with E-state index < -0.39 is 0 Å². The van der Waals surface area contributed by atoms with Crippen LogP contribution in [0, 0.1) is 0 Å². The maximum atomic E-state index is 11.4. The Balaban J connectivity index is 3.18. The quantitative estimate of drug-likeness (QED) is 0.485. The average molecular weight is 312 g/mol. The molecular weight excluding hydrogens is 276 g/mol. The van der Waals surface area contributed by atoms with Crippen LogP contribution in [-0.4, -0.2) is 49.8 Å². The van der Waals surface area contributed by atoms with Gasteiger partial charge in [0.15, 0.2) is 0 Å². The van der Waals surface area contributed by atoms with E-state index in [9.17, 15) is 9.59 Å². The molecule has 0 aliphatic rings. The molecule has 4 heteroatoms. The molecule has 4 nitrogen and oxygen atoms in total. The molecule has 0 heterocycles. The summed E-state index contributed by atoms with van der Waals surface area (Å²) >= 11 is 0. The summed E-state index contributed by atoms with van der Waals surface area (Å²) in [6.45, 7) is 0. The van der Waals surface area contributed by atoms with E-state index in [0.29, 0.717) is 12.8 Å². The van der Waals surface area contributed by atoms with Crippen molar-refractivity contribution in [1.82, 2.24) is 9.80 Å². The van der Waals surface area contributed by atoms with Crippen LogP contribution in [0.25, 0.3) is 0 Å². The molecule has 0 spiro atoms. The van der Waals surface area contributed by atoms with Crippen LogP contribution >= 0.6 is 0 Å². The van der Waals surface area contributed by atoms with Crippen LogP contribution in [0.15, 0.2) is 0 Å². The fourth-order valence-electron chi connectivity index (χ4n) is 2.41. The van der Waals surface area contributed by atoms with E-state index in [-0.39, 0.29) is 11.8 Å². The van der Waals surface area contributed by atoms with Crippen LogP contribution in [-0.2, 0) is 9.59 Å². The number of carbonyl (C=O) groups excluding carboxylic acids is 2. The van der Waals surface area contributed by atoms with E-state index in [1.54, 1.807) is 9.80 Å². The molecule has 0 aliphatic carbocycles. The molecule has 0 aromatic carbocycles. The highest BCUT2D eigenvalue weighted by Crippen LogP contribution is 2.12. The minimum atomic E-state index is 0.243. The SMILES string of the molecule is CN(C)C(=O)CCCCCCCCCCCCC(=O)N(C)C. The number of amides is 2. The van der Waals surface area contributed by atoms with Gasteiger partial charge < -0.3 is 9.80 Å². The summed E-state index contributed by atoms with van der Waals surface area (Å²) < 4.78 is 0. The standard InChI is InChI=1S/C18H36N2O2/c1-19(2)17(21)15-13-11-9-7-5-6-8-10-12-14-16-18(22)20(3)4/h5-16H2,1-4H3. The predicted octanol–water partition coefficient (Wildman–Crippen LogP) is 3.84. The van der Waals surface area contributed by atoms with E-state index >= 15 is 0 Å². The van der Waals surface area contributed by atoms with Crippen molar-refractivity contribution in [2.75, 3.05) is 28.2 Å². The zero-order valence-electron chi connectivity index (χ0n) is 15.2. The van der Waals surface area contributed by atoms with Gasteiger partial charge >= 0.3 is 0 Å². The topological polar surface area (TPSA) is 40.6 Å². The molecule has 0 N–H and O–H groups in total. The van der Waals surface area contributed by atoms with Gasteiger partial charge in [-0.3, -0.25) is 9.59 Å². The van der Waals surface area contributed by atoms with Crippen LogP contribution in [0.2, 0.25) is 0 Å².